The summed E-state index contributed by atoms with van der Waals surface area (Å²) in [4.78, 5) is 12.2. The van der Waals surface area contributed by atoms with Crippen LogP contribution in [0.3, 0.4) is 0 Å². The van der Waals surface area contributed by atoms with E-state index in [0.29, 0.717) is 17.5 Å². The molecule has 0 atom stereocenters. The maximum Gasteiger partial charge on any atom is 0.164 e. The van der Waals surface area contributed by atoms with Gasteiger partial charge in [0.25, 0.3) is 0 Å². The topological polar surface area (TPSA) is 17.1 Å². The Kier molecular flexibility index (Phi) is 2.12. The van der Waals surface area contributed by atoms with Gasteiger partial charge < -0.3 is 0 Å². The highest BCUT2D eigenvalue weighted by molar-refractivity contribution is 7.99. The van der Waals surface area contributed by atoms with Gasteiger partial charge in [-0.3, -0.25) is 4.79 Å². The van der Waals surface area contributed by atoms with E-state index in [-0.39, 0.29) is 11.6 Å². The van der Waals surface area contributed by atoms with Gasteiger partial charge in [0.2, 0.25) is 0 Å². The number of fused-ring (bicyclic) bond motifs is 1. The van der Waals surface area contributed by atoms with Crippen molar-refractivity contribution in [1.82, 2.24) is 0 Å². The van der Waals surface area contributed by atoms with Gasteiger partial charge in [0.05, 0.1) is 0 Å². The fourth-order valence-electron chi connectivity index (χ4n) is 1.39. The van der Waals surface area contributed by atoms with Crippen LogP contribution >= 0.6 is 11.8 Å². The normalized spacial score (nSPS) is 15.7. The Labute approximate surface area is 80.3 Å². The maximum atomic E-state index is 13.1. The number of carbonyl (C=O) groups is 1. The molecule has 68 valence electrons. The fraction of sp³-hybridized carbons (Fsp3) is 0.300. The second-order valence-electron chi connectivity index (χ2n) is 3.12. The first-order valence-corrected chi connectivity index (χ1v) is 5.13. The molecule has 0 N–H and O–H groups in total. The first-order valence-electron chi connectivity index (χ1n) is 4.14. The van der Waals surface area contributed by atoms with Gasteiger partial charge >= 0.3 is 0 Å². The summed E-state index contributed by atoms with van der Waals surface area (Å²) in [6.07, 6.45) is 0.572. The van der Waals surface area contributed by atoms with Crippen LogP contribution in [0.15, 0.2) is 17.0 Å². The van der Waals surface area contributed by atoms with E-state index in [0.717, 1.165) is 10.6 Å². The van der Waals surface area contributed by atoms with E-state index in [1.807, 2.05) is 0 Å². The molecule has 0 aliphatic carbocycles. The number of thioether (sulfide) groups is 1. The first kappa shape index (κ1) is 8.75. The fourth-order valence-corrected chi connectivity index (χ4v) is 2.41. The predicted octanol–water partition coefficient (Wildman–Crippen LogP) is 2.81. The molecule has 0 saturated carbocycles. The lowest BCUT2D eigenvalue weighted by Crippen LogP contribution is -2.09. The molecule has 1 aliphatic rings. The lowest BCUT2D eigenvalue weighted by molar-refractivity contribution is 0.0984. The summed E-state index contributed by atoms with van der Waals surface area (Å²) in [7, 11) is 0. The zero-order valence-electron chi connectivity index (χ0n) is 7.26. The number of ketones is 1. The van der Waals surface area contributed by atoms with E-state index in [9.17, 15) is 9.18 Å². The Morgan fingerprint density at radius 2 is 2.23 bits per heavy atom. The molecule has 0 saturated heterocycles. The highest BCUT2D eigenvalue weighted by Crippen LogP contribution is 2.31. The highest BCUT2D eigenvalue weighted by Gasteiger charge is 2.18. The van der Waals surface area contributed by atoms with E-state index in [1.165, 1.54) is 6.07 Å². The molecule has 0 amide bonds. The Morgan fingerprint density at radius 1 is 1.46 bits per heavy atom. The number of aryl methyl sites for hydroxylation is 1. The van der Waals surface area contributed by atoms with Crippen molar-refractivity contribution < 1.29 is 9.18 Å². The van der Waals surface area contributed by atoms with Crippen LogP contribution in [0.1, 0.15) is 22.3 Å². The van der Waals surface area contributed by atoms with Crippen molar-refractivity contribution in [1.29, 1.82) is 0 Å². The van der Waals surface area contributed by atoms with Gasteiger partial charge in [-0.25, -0.2) is 4.39 Å². The molecule has 1 aromatic rings. The average molecular weight is 196 g/mol. The standard InChI is InChI=1S/C10H9FOS/c1-6-4-7-9(12)2-3-13-10(7)5-8(6)11/h4-5H,2-3H2,1H3. The molecule has 0 bridgehead atoms. The molecule has 0 unspecified atom stereocenters. The molecule has 1 aliphatic heterocycles. The van der Waals surface area contributed by atoms with E-state index in [1.54, 1.807) is 24.8 Å². The molecule has 1 heterocycles. The zero-order chi connectivity index (χ0) is 9.42. The minimum atomic E-state index is -0.221. The molecular formula is C10H9FOS. The third-order valence-electron chi connectivity index (χ3n) is 2.15. The average Bonchev–Trinajstić information content (AvgIpc) is 2.09. The number of hydrogen-bond acceptors (Lipinski definition) is 2. The molecule has 1 aromatic carbocycles. The summed E-state index contributed by atoms with van der Waals surface area (Å²) < 4.78 is 13.1. The van der Waals surface area contributed by atoms with Gasteiger partial charge in [-0.05, 0) is 24.6 Å². The van der Waals surface area contributed by atoms with Crippen molar-refractivity contribution in [3.8, 4) is 0 Å². The summed E-state index contributed by atoms with van der Waals surface area (Å²) in [5.74, 6) is 0.687. The Bertz CT molecular complexity index is 373. The molecule has 1 nitrogen and oxygen atoms in total. The first-order chi connectivity index (χ1) is 6.18. The number of benzene rings is 1. The van der Waals surface area contributed by atoms with Crippen LogP contribution in [0, 0.1) is 12.7 Å². The molecule has 13 heavy (non-hydrogen) atoms. The van der Waals surface area contributed by atoms with Crippen LogP contribution in [-0.2, 0) is 0 Å². The zero-order valence-corrected chi connectivity index (χ0v) is 8.08. The minimum Gasteiger partial charge on any atom is -0.294 e. The van der Waals surface area contributed by atoms with Crippen LogP contribution in [0.5, 0.6) is 0 Å². The molecule has 0 radical (unpaired) electrons. The van der Waals surface area contributed by atoms with Crippen molar-refractivity contribution >= 4 is 17.5 Å². The minimum absolute atomic E-state index is 0.136. The van der Waals surface area contributed by atoms with Gasteiger partial charge in [-0.15, -0.1) is 11.8 Å². The second kappa shape index (κ2) is 3.14. The third-order valence-corrected chi connectivity index (χ3v) is 3.20. The number of hydrogen-bond donors (Lipinski definition) is 0. The number of halogens is 1. The van der Waals surface area contributed by atoms with E-state index < -0.39 is 0 Å². The lowest BCUT2D eigenvalue weighted by atomic mass is 10.1. The van der Waals surface area contributed by atoms with Crippen molar-refractivity contribution in [3.63, 3.8) is 0 Å². The van der Waals surface area contributed by atoms with Gasteiger partial charge in [0.1, 0.15) is 5.82 Å². The van der Waals surface area contributed by atoms with Crippen LogP contribution in [0.2, 0.25) is 0 Å². The third kappa shape index (κ3) is 1.48. The molecule has 2 rings (SSSR count). The molecule has 0 aromatic heterocycles. The second-order valence-corrected chi connectivity index (χ2v) is 4.26. The van der Waals surface area contributed by atoms with Crippen LogP contribution in [0.4, 0.5) is 4.39 Å². The highest BCUT2D eigenvalue weighted by atomic mass is 32.2. The van der Waals surface area contributed by atoms with Crippen molar-refractivity contribution in [2.75, 3.05) is 5.75 Å². The Balaban J connectivity index is 2.58. The molecule has 3 heteroatoms. The van der Waals surface area contributed by atoms with Crippen LogP contribution < -0.4 is 0 Å². The lowest BCUT2D eigenvalue weighted by Gasteiger charge is -2.14. The quantitative estimate of drug-likeness (QED) is 0.634. The van der Waals surface area contributed by atoms with E-state index in [2.05, 4.69) is 0 Å². The summed E-state index contributed by atoms with van der Waals surface area (Å²) in [6.45, 7) is 1.68. The van der Waals surface area contributed by atoms with E-state index in [4.69, 9.17) is 0 Å². The summed E-state index contributed by atoms with van der Waals surface area (Å²) >= 11 is 1.55. The van der Waals surface area contributed by atoms with Crippen molar-refractivity contribution in [3.05, 3.63) is 29.1 Å². The van der Waals surface area contributed by atoms with Gasteiger partial charge in [-0.2, -0.15) is 0 Å². The number of rotatable bonds is 0. The smallest absolute Gasteiger partial charge is 0.164 e. The molecular weight excluding hydrogens is 187 g/mol. The van der Waals surface area contributed by atoms with Gasteiger partial charge in [0, 0.05) is 22.6 Å². The SMILES string of the molecule is Cc1cc2c(cc1F)SCCC2=O. The van der Waals surface area contributed by atoms with Crippen LogP contribution in [-0.4, -0.2) is 11.5 Å². The molecule has 0 spiro atoms. The predicted molar refractivity (Wildman–Crippen MR) is 50.8 cm³/mol. The Hall–Kier alpha value is -0.830. The molecule has 0 fully saturated rings. The number of carbonyl (C=O) groups excluding carboxylic acids is 1. The van der Waals surface area contributed by atoms with Crippen molar-refractivity contribution in [2.24, 2.45) is 0 Å². The Morgan fingerprint density at radius 3 is 3.00 bits per heavy atom. The summed E-state index contributed by atoms with van der Waals surface area (Å²) in [5, 5.41) is 0. The van der Waals surface area contributed by atoms with E-state index >= 15 is 0 Å². The van der Waals surface area contributed by atoms with Crippen LogP contribution in [0.25, 0.3) is 0 Å². The maximum absolute atomic E-state index is 13.1. The largest absolute Gasteiger partial charge is 0.294 e. The monoisotopic (exact) mass is 196 g/mol. The van der Waals surface area contributed by atoms with Gasteiger partial charge in [-0.1, -0.05) is 0 Å². The summed E-state index contributed by atoms with van der Waals surface area (Å²) in [6, 6.07) is 3.12. The number of Topliss-reactive ketones (excluding diaryl/α,β-unsaturated/α-hetero) is 1. The summed E-state index contributed by atoms with van der Waals surface area (Å²) in [5.41, 5.74) is 1.24. The van der Waals surface area contributed by atoms with Crippen molar-refractivity contribution in [2.45, 2.75) is 18.2 Å². The van der Waals surface area contributed by atoms with Gasteiger partial charge in [0.15, 0.2) is 5.78 Å².